The van der Waals surface area contributed by atoms with E-state index in [4.69, 9.17) is 4.74 Å². The fraction of sp³-hybridized carbons (Fsp3) is 0.765. The van der Waals surface area contributed by atoms with Crippen LogP contribution < -0.4 is 5.32 Å². The predicted molar refractivity (Wildman–Crippen MR) is 90.2 cm³/mol. The van der Waals surface area contributed by atoms with Gasteiger partial charge in [-0.15, -0.1) is 0 Å². The Hall–Kier alpha value is -1.56. The number of rotatable bonds is 3. The van der Waals surface area contributed by atoms with Crippen LogP contribution in [0.15, 0.2) is 12.4 Å². The molecule has 1 saturated heterocycles. The Balaban J connectivity index is 1.99. The van der Waals surface area contributed by atoms with Gasteiger partial charge in [-0.3, -0.25) is 4.68 Å². The second kappa shape index (κ2) is 6.91. The number of piperidine rings is 1. The number of ether oxygens (including phenoxy) is 1. The maximum Gasteiger partial charge on any atom is 0.410 e. The molecule has 1 N–H and O–H groups in total. The third kappa shape index (κ3) is 4.70. The van der Waals surface area contributed by atoms with Gasteiger partial charge in [0.15, 0.2) is 0 Å². The highest BCUT2D eigenvalue weighted by molar-refractivity contribution is 5.68. The van der Waals surface area contributed by atoms with E-state index in [1.807, 2.05) is 49.8 Å². The highest BCUT2D eigenvalue weighted by Gasteiger charge is 2.34. The highest BCUT2D eigenvalue weighted by atomic mass is 16.6. The number of aromatic nitrogens is 2. The zero-order chi connectivity index (χ0) is 17.2. The van der Waals surface area contributed by atoms with Crippen LogP contribution in [-0.2, 0) is 11.8 Å². The van der Waals surface area contributed by atoms with Gasteiger partial charge in [-0.1, -0.05) is 0 Å². The minimum Gasteiger partial charge on any atom is -0.444 e. The van der Waals surface area contributed by atoms with Crippen LogP contribution in [0.25, 0.3) is 0 Å². The van der Waals surface area contributed by atoms with Crippen molar-refractivity contribution in [3.63, 3.8) is 0 Å². The third-order valence-electron chi connectivity index (χ3n) is 4.31. The molecule has 3 unspecified atom stereocenters. The molecular weight excluding hydrogens is 292 g/mol. The van der Waals surface area contributed by atoms with Crippen LogP contribution in [0, 0.1) is 0 Å². The fourth-order valence-electron chi connectivity index (χ4n) is 3.03. The number of amides is 1. The van der Waals surface area contributed by atoms with Gasteiger partial charge in [0.1, 0.15) is 5.60 Å². The summed E-state index contributed by atoms with van der Waals surface area (Å²) >= 11 is 0. The lowest BCUT2D eigenvalue weighted by molar-refractivity contribution is 0.00643. The van der Waals surface area contributed by atoms with E-state index in [9.17, 15) is 4.79 Å². The van der Waals surface area contributed by atoms with Crippen LogP contribution >= 0.6 is 0 Å². The molecule has 1 aliphatic heterocycles. The molecule has 2 rings (SSSR count). The van der Waals surface area contributed by atoms with Crippen LogP contribution in [-0.4, -0.2) is 45.0 Å². The number of hydrogen-bond donors (Lipinski definition) is 1. The quantitative estimate of drug-likeness (QED) is 0.929. The SMILES string of the molecule is CC(NC1CCCN(C(=O)OC(C)(C)C)C1C)c1cnn(C)c1. The zero-order valence-corrected chi connectivity index (χ0v) is 15.2. The molecule has 1 aromatic heterocycles. The second-order valence-electron chi connectivity index (χ2n) is 7.50. The molecule has 0 aromatic carbocycles. The Kier molecular flexibility index (Phi) is 5.34. The topological polar surface area (TPSA) is 59.4 Å². The lowest BCUT2D eigenvalue weighted by Crippen LogP contribution is -2.55. The summed E-state index contributed by atoms with van der Waals surface area (Å²) in [4.78, 5) is 14.2. The molecule has 1 aromatic rings. The minimum atomic E-state index is -0.458. The Morgan fingerprint density at radius 2 is 2.17 bits per heavy atom. The van der Waals surface area contributed by atoms with Crippen molar-refractivity contribution in [3.8, 4) is 0 Å². The molecule has 1 fully saturated rings. The van der Waals surface area contributed by atoms with Gasteiger partial charge in [0.25, 0.3) is 0 Å². The summed E-state index contributed by atoms with van der Waals surface area (Å²) in [6, 6.07) is 0.568. The molecule has 23 heavy (non-hydrogen) atoms. The van der Waals surface area contributed by atoms with Gasteiger partial charge in [-0.2, -0.15) is 5.10 Å². The number of nitrogens with one attached hydrogen (secondary N) is 1. The van der Waals surface area contributed by atoms with Gasteiger partial charge in [-0.05, 0) is 47.5 Å². The highest BCUT2D eigenvalue weighted by Crippen LogP contribution is 2.23. The zero-order valence-electron chi connectivity index (χ0n) is 15.2. The van der Waals surface area contributed by atoms with Crippen molar-refractivity contribution in [2.75, 3.05) is 6.54 Å². The van der Waals surface area contributed by atoms with E-state index in [2.05, 4.69) is 24.3 Å². The molecule has 0 radical (unpaired) electrons. The minimum absolute atomic E-state index is 0.109. The van der Waals surface area contributed by atoms with Gasteiger partial charge in [0.2, 0.25) is 0 Å². The van der Waals surface area contributed by atoms with Crippen molar-refractivity contribution < 1.29 is 9.53 Å². The molecule has 0 spiro atoms. The first-order valence-corrected chi connectivity index (χ1v) is 8.41. The van der Waals surface area contributed by atoms with Crippen molar-refractivity contribution >= 4 is 6.09 Å². The van der Waals surface area contributed by atoms with E-state index in [1.54, 1.807) is 0 Å². The molecule has 0 aliphatic carbocycles. The van der Waals surface area contributed by atoms with Crippen molar-refractivity contribution in [1.29, 1.82) is 0 Å². The van der Waals surface area contributed by atoms with Crippen molar-refractivity contribution in [2.24, 2.45) is 7.05 Å². The van der Waals surface area contributed by atoms with Crippen LogP contribution in [0.4, 0.5) is 4.79 Å². The smallest absolute Gasteiger partial charge is 0.410 e. The largest absolute Gasteiger partial charge is 0.444 e. The summed E-state index contributed by atoms with van der Waals surface area (Å²) in [5, 5.41) is 7.87. The molecule has 130 valence electrons. The lowest BCUT2D eigenvalue weighted by Gasteiger charge is -2.41. The van der Waals surface area contributed by atoms with Gasteiger partial charge >= 0.3 is 6.09 Å². The summed E-state index contributed by atoms with van der Waals surface area (Å²) in [6.07, 6.45) is 5.74. The average molecular weight is 322 g/mol. The van der Waals surface area contributed by atoms with Gasteiger partial charge in [-0.25, -0.2) is 4.79 Å². The number of carbonyl (C=O) groups is 1. The van der Waals surface area contributed by atoms with Crippen LogP contribution in [0.5, 0.6) is 0 Å². The molecule has 1 amide bonds. The number of carbonyl (C=O) groups excluding carboxylic acids is 1. The molecular formula is C17H30N4O2. The van der Waals surface area contributed by atoms with E-state index >= 15 is 0 Å². The maximum absolute atomic E-state index is 12.4. The molecule has 2 heterocycles. The molecule has 3 atom stereocenters. The molecule has 6 nitrogen and oxygen atoms in total. The monoisotopic (exact) mass is 322 g/mol. The van der Waals surface area contributed by atoms with E-state index < -0.39 is 5.60 Å². The van der Waals surface area contributed by atoms with E-state index in [0.29, 0.717) is 0 Å². The Morgan fingerprint density at radius 3 is 2.74 bits per heavy atom. The molecule has 0 bridgehead atoms. The average Bonchev–Trinajstić information content (AvgIpc) is 2.86. The predicted octanol–water partition coefficient (Wildman–Crippen LogP) is 2.86. The molecule has 0 saturated carbocycles. The maximum atomic E-state index is 12.4. The summed E-state index contributed by atoms with van der Waals surface area (Å²) in [7, 11) is 1.92. The Morgan fingerprint density at radius 1 is 1.48 bits per heavy atom. The first-order chi connectivity index (χ1) is 10.7. The first-order valence-electron chi connectivity index (χ1n) is 8.41. The fourth-order valence-corrected chi connectivity index (χ4v) is 3.03. The normalized spacial score (nSPS) is 23.7. The number of likely N-dealkylation sites (tertiary alicyclic amines) is 1. The Labute approximate surface area is 139 Å². The lowest BCUT2D eigenvalue weighted by atomic mass is 9.96. The van der Waals surface area contributed by atoms with Crippen molar-refractivity contribution in [3.05, 3.63) is 18.0 Å². The van der Waals surface area contributed by atoms with Crippen LogP contribution in [0.2, 0.25) is 0 Å². The van der Waals surface area contributed by atoms with Gasteiger partial charge < -0.3 is 15.0 Å². The van der Waals surface area contributed by atoms with Crippen molar-refractivity contribution in [1.82, 2.24) is 20.0 Å². The summed E-state index contributed by atoms with van der Waals surface area (Å²) in [5.74, 6) is 0. The van der Waals surface area contributed by atoms with E-state index in [-0.39, 0.29) is 24.2 Å². The number of aryl methyl sites for hydroxylation is 1. The van der Waals surface area contributed by atoms with Crippen LogP contribution in [0.3, 0.4) is 0 Å². The van der Waals surface area contributed by atoms with E-state index in [1.165, 1.54) is 0 Å². The standard InChI is InChI=1S/C17H30N4O2/c1-12(14-10-18-20(6)11-14)19-15-8-7-9-21(13(15)2)16(22)23-17(3,4)5/h10-13,15,19H,7-9H2,1-6H3. The summed E-state index contributed by atoms with van der Waals surface area (Å²) in [6.45, 7) is 10.7. The number of hydrogen-bond acceptors (Lipinski definition) is 4. The Bertz CT molecular complexity index is 535. The first kappa shape index (κ1) is 17.8. The van der Waals surface area contributed by atoms with Crippen LogP contribution in [0.1, 0.15) is 59.1 Å². The third-order valence-corrected chi connectivity index (χ3v) is 4.31. The number of nitrogens with zero attached hydrogens (tertiary/aromatic N) is 3. The van der Waals surface area contributed by atoms with E-state index in [0.717, 1.165) is 24.9 Å². The summed E-state index contributed by atoms with van der Waals surface area (Å²) in [5.41, 5.74) is 0.703. The second-order valence-corrected chi connectivity index (χ2v) is 7.50. The molecule has 1 aliphatic rings. The summed E-state index contributed by atoms with van der Waals surface area (Å²) < 4.78 is 7.35. The van der Waals surface area contributed by atoms with Gasteiger partial charge in [0.05, 0.1) is 6.20 Å². The van der Waals surface area contributed by atoms with Crippen molar-refractivity contribution in [2.45, 2.75) is 71.2 Å². The molecule has 6 heteroatoms. The van der Waals surface area contributed by atoms with Gasteiger partial charge in [0, 0.05) is 43.5 Å².